The highest BCUT2D eigenvalue weighted by atomic mass is 79.9. The molecule has 1 aromatic carbocycles. The average molecular weight is 287 g/mol. The lowest BCUT2D eigenvalue weighted by molar-refractivity contribution is 0.183. The van der Waals surface area contributed by atoms with Gasteiger partial charge >= 0.3 is 0 Å². The van der Waals surface area contributed by atoms with Gasteiger partial charge in [-0.3, -0.25) is 0 Å². The number of hydrogen-bond donors (Lipinski definition) is 1. The lowest BCUT2D eigenvalue weighted by atomic mass is 10.0. The Labute approximate surface area is 106 Å². The van der Waals surface area contributed by atoms with Gasteiger partial charge in [0, 0.05) is 11.1 Å². The van der Waals surface area contributed by atoms with Crippen molar-refractivity contribution in [2.75, 3.05) is 13.2 Å². The summed E-state index contributed by atoms with van der Waals surface area (Å²) in [5.41, 5.74) is 0. The standard InChI is InChI=1S/C13H19BrO2/c1-2-4-11(10-15)7-8-16-13-6-3-5-12(14)9-13/h3,5-6,9,11,15H,2,4,7-8,10H2,1H3. The lowest BCUT2D eigenvalue weighted by Crippen LogP contribution is -2.10. The molecule has 0 saturated heterocycles. The Morgan fingerprint density at radius 2 is 2.19 bits per heavy atom. The second kappa shape index (κ2) is 7.69. The third-order valence-electron chi connectivity index (χ3n) is 2.55. The molecule has 1 aromatic rings. The minimum atomic E-state index is 0.260. The van der Waals surface area contributed by atoms with E-state index in [1.54, 1.807) is 0 Å². The van der Waals surface area contributed by atoms with E-state index in [1.165, 1.54) is 0 Å². The van der Waals surface area contributed by atoms with E-state index in [9.17, 15) is 0 Å². The average Bonchev–Trinajstić information content (AvgIpc) is 2.28. The fourth-order valence-corrected chi connectivity index (χ4v) is 2.01. The zero-order chi connectivity index (χ0) is 11.8. The summed E-state index contributed by atoms with van der Waals surface area (Å²) in [5, 5.41) is 9.14. The monoisotopic (exact) mass is 286 g/mol. The van der Waals surface area contributed by atoms with Gasteiger partial charge in [-0.05, 0) is 37.0 Å². The molecule has 0 heterocycles. The first-order chi connectivity index (χ1) is 7.76. The first-order valence-electron chi connectivity index (χ1n) is 5.75. The Morgan fingerprint density at radius 3 is 2.81 bits per heavy atom. The van der Waals surface area contributed by atoms with E-state index in [0.29, 0.717) is 12.5 Å². The van der Waals surface area contributed by atoms with Crippen LogP contribution in [0, 0.1) is 5.92 Å². The molecule has 0 amide bonds. The number of halogens is 1. The van der Waals surface area contributed by atoms with Gasteiger partial charge in [-0.15, -0.1) is 0 Å². The predicted molar refractivity (Wildman–Crippen MR) is 69.7 cm³/mol. The highest BCUT2D eigenvalue weighted by Crippen LogP contribution is 2.18. The Bertz CT molecular complexity index is 302. The molecule has 0 aliphatic heterocycles. The highest BCUT2D eigenvalue weighted by molar-refractivity contribution is 9.10. The van der Waals surface area contributed by atoms with Gasteiger partial charge < -0.3 is 9.84 Å². The van der Waals surface area contributed by atoms with Gasteiger partial charge in [0.2, 0.25) is 0 Å². The van der Waals surface area contributed by atoms with Gasteiger partial charge in [0.15, 0.2) is 0 Å². The van der Waals surface area contributed by atoms with E-state index in [0.717, 1.165) is 29.5 Å². The van der Waals surface area contributed by atoms with Crippen molar-refractivity contribution < 1.29 is 9.84 Å². The van der Waals surface area contributed by atoms with E-state index < -0.39 is 0 Å². The van der Waals surface area contributed by atoms with Gasteiger partial charge in [-0.1, -0.05) is 35.3 Å². The Balaban J connectivity index is 2.29. The number of aliphatic hydroxyl groups excluding tert-OH is 1. The smallest absolute Gasteiger partial charge is 0.120 e. The Kier molecular flexibility index (Phi) is 6.50. The SMILES string of the molecule is CCCC(CO)CCOc1cccc(Br)c1. The summed E-state index contributed by atoms with van der Waals surface area (Å²) in [4.78, 5) is 0. The van der Waals surface area contributed by atoms with Crippen LogP contribution in [-0.4, -0.2) is 18.3 Å². The van der Waals surface area contributed by atoms with Crippen molar-refractivity contribution in [1.29, 1.82) is 0 Å². The normalized spacial score (nSPS) is 12.4. The van der Waals surface area contributed by atoms with Crippen molar-refractivity contribution >= 4 is 15.9 Å². The molecule has 0 spiro atoms. The molecule has 1 rings (SSSR count). The summed E-state index contributed by atoms with van der Waals surface area (Å²) >= 11 is 3.40. The van der Waals surface area contributed by atoms with Crippen molar-refractivity contribution in [2.24, 2.45) is 5.92 Å². The number of ether oxygens (including phenoxy) is 1. The summed E-state index contributed by atoms with van der Waals surface area (Å²) < 4.78 is 6.65. The predicted octanol–water partition coefficient (Wildman–Crippen LogP) is 3.63. The summed E-state index contributed by atoms with van der Waals surface area (Å²) in [6.45, 7) is 3.06. The minimum Gasteiger partial charge on any atom is -0.494 e. The van der Waals surface area contributed by atoms with Crippen molar-refractivity contribution in [3.63, 3.8) is 0 Å². The van der Waals surface area contributed by atoms with Crippen LogP contribution in [0.4, 0.5) is 0 Å². The summed E-state index contributed by atoms with van der Waals surface area (Å²) in [6.07, 6.45) is 3.09. The molecule has 0 saturated carbocycles. The number of benzene rings is 1. The molecular weight excluding hydrogens is 268 g/mol. The molecule has 0 fully saturated rings. The second-order valence-electron chi connectivity index (χ2n) is 3.93. The third kappa shape index (κ3) is 4.99. The lowest BCUT2D eigenvalue weighted by Gasteiger charge is -2.13. The molecular formula is C13H19BrO2. The Morgan fingerprint density at radius 1 is 1.38 bits per heavy atom. The van der Waals surface area contributed by atoms with Crippen LogP contribution in [0.25, 0.3) is 0 Å². The maximum absolute atomic E-state index is 9.14. The molecule has 3 heteroatoms. The van der Waals surface area contributed by atoms with Crippen molar-refractivity contribution in [3.8, 4) is 5.75 Å². The molecule has 2 nitrogen and oxygen atoms in total. The topological polar surface area (TPSA) is 29.5 Å². The van der Waals surface area contributed by atoms with E-state index in [1.807, 2.05) is 24.3 Å². The van der Waals surface area contributed by atoms with Crippen LogP contribution in [0.2, 0.25) is 0 Å². The molecule has 0 aliphatic rings. The Hall–Kier alpha value is -0.540. The van der Waals surface area contributed by atoms with E-state index >= 15 is 0 Å². The van der Waals surface area contributed by atoms with Gasteiger partial charge in [-0.25, -0.2) is 0 Å². The first kappa shape index (κ1) is 13.5. The first-order valence-corrected chi connectivity index (χ1v) is 6.54. The minimum absolute atomic E-state index is 0.260. The zero-order valence-electron chi connectivity index (χ0n) is 9.66. The van der Waals surface area contributed by atoms with Crippen LogP contribution >= 0.6 is 15.9 Å². The van der Waals surface area contributed by atoms with Crippen LogP contribution in [0.1, 0.15) is 26.2 Å². The number of hydrogen-bond acceptors (Lipinski definition) is 2. The highest BCUT2D eigenvalue weighted by Gasteiger charge is 2.06. The molecule has 1 unspecified atom stereocenters. The van der Waals surface area contributed by atoms with E-state index in [2.05, 4.69) is 22.9 Å². The van der Waals surface area contributed by atoms with Gasteiger partial charge in [0.05, 0.1) is 6.61 Å². The molecule has 1 atom stereocenters. The summed E-state index contributed by atoms with van der Waals surface area (Å²) in [7, 11) is 0. The maximum Gasteiger partial charge on any atom is 0.120 e. The van der Waals surface area contributed by atoms with E-state index in [-0.39, 0.29) is 6.61 Å². The van der Waals surface area contributed by atoms with E-state index in [4.69, 9.17) is 9.84 Å². The third-order valence-corrected chi connectivity index (χ3v) is 3.04. The second-order valence-corrected chi connectivity index (χ2v) is 4.85. The van der Waals surface area contributed by atoms with Crippen molar-refractivity contribution in [1.82, 2.24) is 0 Å². The number of rotatable bonds is 7. The molecule has 0 aliphatic carbocycles. The fourth-order valence-electron chi connectivity index (χ4n) is 1.64. The van der Waals surface area contributed by atoms with Crippen LogP contribution in [0.15, 0.2) is 28.7 Å². The quantitative estimate of drug-likeness (QED) is 0.830. The zero-order valence-corrected chi connectivity index (χ0v) is 11.2. The largest absolute Gasteiger partial charge is 0.494 e. The van der Waals surface area contributed by atoms with Gasteiger partial charge in [0.25, 0.3) is 0 Å². The van der Waals surface area contributed by atoms with Crippen molar-refractivity contribution in [3.05, 3.63) is 28.7 Å². The van der Waals surface area contributed by atoms with Crippen molar-refractivity contribution in [2.45, 2.75) is 26.2 Å². The maximum atomic E-state index is 9.14. The van der Waals surface area contributed by atoms with Crippen LogP contribution in [0.3, 0.4) is 0 Å². The summed E-state index contributed by atoms with van der Waals surface area (Å²) in [5.74, 6) is 1.25. The molecule has 0 radical (unpaired) electrons. The molecule has 0 bridgehead atoms. The molecule has 16 heavy (non-hydrogen) atoms. The van der Waals surface area contributed by atoms with Crippen LogP contribution < -0.4 is 4.74 Å². The molecule has 90 valence electrons. The fraction of sp³-hybridized carbons (Fsp3) is 0.538. The number of aliphatic hydroxyl groups is 1. The van der Waals surface area contributed by atoms with Gasteiger partial charge in [-0.2, -0.15) is 0 Å². The van der Waals surface area contributed by atoms with Crippen LogP contribution in [0.5, 0.6) is 5.75 Å². The summed E-state index contributed by atoms with van der Waals surface area (Å²) in [6, 6.07) is 7.82. The van der Waals surface area contributed by atoms with Gasteiger partial charge in [0.1, 0.15) is 5.75 Å². The van der Waals surface area contributed by atoms with Crippen LogP contribution in [-0.2, 0) is 0 Å². The molecule has 0 aromatic heterocycles. The molecule has 1 N–H and O–H groups in total.